The summed E-state index contributed by atoms with van der Waals surface area (Å²) in [6.07, 6.45) is -8.17. The zero-order valence-corrected chi connectivity index (χ0v) is 10.1. The van der Waals surface area contributed by atoms with Gasteiger partial charge in [-0.05, 0) is 11.6 Å². The molecule has 0 atom stereocenters. The Hall–Kier alpha value is -2.43. The van der Waals surface area contributed by atoms with Gasteiger partial charge in [-0.2, -0.15) is 31.6 Å². The van der Waals surface area contributed by atoms with Crippen LogP contribution < -0.4 is 0 Å². The second kappa shape index (κ2) is 4.84. The maximum absolute atomic E-state index is 13.1. The van der Waals surface area contributed by atoms with Crippen LogP contribution in [0.3, 0.4) is 0 Å². The van der Waals surface area contributed by atoms with Gasteiger partial charge in [-0.15, -0.1) is 0 Å². The van der Waals surface area contributed by atoms with Gasteiger partial charge in [0.05, 0.1) is 16.7 Å². The molecule has 1 heterocycles. The lowest BCUT2D eigenvalue weighted by Crippen LogP contribution is -2.17. The highest BCUT2D eigenvalue weighted by atomic mass is 19.4. The minimum absolute atomic E-state index is 0.167. The third-order valence-electron chi connectivity index (χ3n) is 2.81. The van der Waals surface area contributed by atoms with Crippen LogP contribution in [0.25, 0.3) is 11.1 Å². The van der Waals surface area contributed by atoms with E-state index in [1.807, 2.05) is 0 Å². The molecule has 8 heteroatoms. The first-order valence-corrected chi connectivity index (χ1v) is 5.51. The average Bonchev–Trinajstić information content (AvgIpc) is 2.83. The maximum Gasteiger partial charge on any atom is 0.417 e. The summed E-state index contributed by atoms with van der Waals surface area (Å²) in [5.41, 5.74) is -4.66. The third kappa shape index (κ3) is 2.72. The molecule has 0 bridgehead atoms. The summed E-state index contributed by atoms with van der Waals surface area (Å²) in [6, 6.07) is 3.78. The lowest BCUT2D eigenvalue weighted by atomic mass is 9.94. The number of aromatic nitrogens is 1. The summed E-state index contributed by atoms with van der Waals surface area (Å²) >= 11 is 0. The Morgan fingerprint density at radius 2 is 1.57 bits per heavy atom. The van der Waals surface area contributed by atoms with Crippen molar-refractivity contribution in [2.75, 3.05) is 0 Å². The molecular weight excluding hydrogens is 298 g/mol. The SMILES string of the molecule is N#Cc1c[nH]cc1-c1cccc(C(F)(F)F)c1C(F)(F)F. The summed E-state index contributed by atoms with van der Waals surface area (Å²) in [4.78, 5) is 2.41. The molecule has 0 amide bonds. The van der Waals surface area contributed by atoms with Gasteiger partial charge >= 0.3 is 12.4 Å². The lowest BCUT2D eigenvalue weighted by molar-refractivity contribution is -0.161. The molecule has 2 rings (SSSR count). The van der Waals surface area contributed by atoms with Crippen molar-refractivity contribution < 1.29 is 26.3 Å². The number of nitrogens with one attached hydrogen (secondary N) is 1. The Labute approximate surface area is 114 Å². The van der Waals surface area contributed by atoms with Crippen LogP contribution in [0.4, 0.5) is 26.3 Å². The smallest absolute Gasteiger partial charge is 0.366 e. The standard InChI is InChI=1S/C13H6F6N2/c14-12(15,16)10-3-1-2-8(11(10)13(17,18)19)9-6-21-5-7(9)4-20/h1-3,5-6,21H. The number of alkyl halides is 6. The molecule has 2 aromatic rings. The number of benzene rings is 1. The number of halogens is 6. The number of nitrogens with zero attached hydrogens (tertiary/aromatic N) is 1. The third-order valence-corrected chi connectivity index (χ3v) is 2.81. The molecule has 1 aromatic carbocycles. The Morgan fingerprint density at radius 1 is 0.905 bits per heavy atom. The van der Waals surface area contributed by atoms with E-state index >= 15 is 0 Å². The van der Waals surface area contributed by atoms with Gasteiger partial charge < -0.3 is 4.98 Å². The number of aromatic amines is 1. The predicted molar refractivity (Wildman–Crippen MR) is 60.9 cm³/mol. The molecule has 2 nitrogen and oxygen atoms in total. The fourth-order valence-electron chi connectivity index (χ4n) is 2.00. The molecule has 0 fully saturated rings. The van der Waals surface area contributed by atoms with Gasteiger partial charge in [0.15, 0.2) is 0 Å². The second-order valence-corrected chi connectivity index (χ2v) is 4.12. The van der Waals surface area contributed by atoms with Gasteiger partial charge in [0.1, 0.15) is 6.07 Å². The van der Waals surface area contributed by atoms with Crippen molar-refractivity contribution in [3.63, 3.8) is 0 Å². The van der Waals surface area contributed by atoms with E-state index in [9.17, 15) is 26.3 Å². The Bertz CT molecular complexity index is 703. The molecule has 0 saturated carbocycles. The highest BCUT2D eigenvalue weighted by Crippen LogP contribution is 2.45. The summed E-state index contributed by atoms with van der Waals surface area (Å²) in [5, 5.41) is 8.82. The zero-order valence-electron chi connectivity index (χ0n) is 10.1. The van der Waals surface area contributed by atoms with Crippen molar-refractivity contribution in [3.8, 4) is 17.2 Å². The Morgan fingerprint density at radius 3 is 2.10 bits per heavy atom. The average molecular weight is 304 g/mol. The molecule has 21 heavy (non-hydrogen) atoms. The first kappa shape index (κ1) is 15.0. The van der Waals surface area contributed by atoms with Crippen molar-refractivity contribution in [3.05, 3.63) is 47.3 Å². The quantitative estimate of drug-likeness (QED) is 0.769. The summed E-state index contributed by atoms with van der Waals surface area (Å²) < 4.78 is 77.7. The first-order valence-electron chi connectivity index (χ1n) is 5.51. The molecule has 0 saturated heterocycles. The largest absolute Gasteiger partial charge is 0.417 e. The van der Waals surface area contributed by atoms with Crippen molar-refractivity contribution in [1.82, 2.24) is 4.98 Å². The van der Waals surface area contributed by atoms with Crippen LogP contribution in [-0.4, -0.2) is 4.98 Å². The van der Waals surface area contributed by atoms with E-state index in [0.717, 1.165) is 24.5 Å². The molecule has 0 unspecified atom stereocenters. The van der Waals surface area contributed by atoms with Crippen LogP contribution in [0, 0.1) is 11.3 Å². The van der Waals surface area contributed by atoms with Crippen molar-refractivity contribution in [2.24, 2.45) is 0 Å². The van der Waals surface area contributed by atoms with Crippen molar-refractivity contribution in [1.29, 1.82) is 5.26 Å². The molecule has 0 radical (unpaired) electrons. The zero-order chi connectivity index (χ0) is 15.8. The number of rotatable bonds is 1. The van der Waals surface area contributed by atoms with E-state index in [-0.39, 0.29) is 11.1 Å². The maximum atomic E-state index is 13.1. The number of hydrogen-bond acceptors (Lipinski definition) is 1. The fourth-order valence-corrected chi connectivity index (χ4v) is 2.00. The van der Waals surface area contributed by atoms with Gasteiger partial charge in [-0.3, -0.25) is 0 Å². The lowest BCUT2D eigenvalue weighted by Gasteiger charge is -2.18. The van der Waals surface area contributed by atoms with Crippen molar-refractivity contribution >= 4 is 0 Å². The minimum Gasteiger partial charge on any atom is -0.366 e. The van der Waals surface area contributed by atoms with Gasteiger partial charge in [0, 0.05) is 18.0 Å². The number of nitriles is 1. The summed E-state index contributed by atoms with van der Waals surface area (Å²) in [7, 11) is 0. The van der Waals surface area contributed by atoms with Crippen LogP contribution in [0.1, 0.15) is 16.7 Å². The summed E-state index contributed by atoms with van der Waals surface area (Å²) in [5.74, 6) is 0. The Kier molecular flexibility index (Phi) is 3.45. The van der Waals surface area contributed by atoms with Crippen LogP contribution in [0.2, 0.25) is 0 Å². The van der Waals surface area contributed by atoms with E-state index in [4.69, 9.17) is 5.26 Å². The summed E-state index contributed by atoms with van der Waals surface area (Å²) in [6.45, 7) is 0. The molecule has 0 aliphatic heterocycles. The van der Waals surface area contributed by atoms with Crippen LogP contribution in [0.5, 0.6) is 0 Å². The van der Waals surface area contributed by atoms with E-state index in [1.165, 1.54) is 0 Å². The van der Waals surface area contributed by atoms with E-state index in [1.54, 1.807) is 6.07 Å². The van der Waals surface area contributed by atoms with Gasteiger partial charge in [-0.1, -0.05) is 12.1 Å². The monoisotopic (exact) mass is 304 g/mol. The predicted octanol–water partition coefficient (Wildman–Crippen LogP) is 4.59. The normalized spacial score (nSPS) is 12.2. The topological polar surface area (TPSA) is 39.6 Å². The van der Waals surface area contributed by atoms with Gasteiger partial charge in [0.2, 0.25) is 0 Å². The van der Waals surface area contributed by atoms with E-state index in [2.05, 4.69) is 4.98 Å². The fraction of sp³-hybridized carbons (Fsp3) is 0.154. The first-order chi connectivity index (χ1) is 9.66. The molecule has 0 spiro atoms. The minimum atomic E-state index is -5.20. The molecule has 0 aliphatic carbocycles. The second-order valence-electron chi connectivity index (χ2n) is 4.12. The highest BCUT2D eigenvalue weighted by molar-refractivity contribution is 5.74. The molecule has 0 aliphatic rings. The Balaban J connectivity index is 2.83. The van der Waals surface area contributed by atoms with Crippen molar-refractivity contribution in [2.45, 2.75) is 12.4 Å². The van der Waals surface area contributed by atoms with E-state index < -0.39 is 29.0 Å². The number of hydrogen-bond donors (Lipinski definition) is 1. The highest BCUT2D eigenvalue weighted by Gasteiger charge is 2.45. The van der Waals surface area contributed by atoms with Crippen LogP contribution in [-0.2, 0) is 12.4 Å². The van der Waals surface area contributed by atoms with Gasteiger partial charge in [0.25, 0.3) is 0 Å². The number of H-pyrrole nitrogens is 1. The molecule has 110 valence electrons. The van der Waals surface area contributed by atoms with Crippen LogP contribution >= 0.6 is 0 Å². The molecule has 1 aromatic heterocycles. The van der Waals surface area contributed by atoms with Gasteiger partial charge in [-0.25, -0.2) is 0 Å². The van der Waals surface area contributed by atoms with E-state index in [0.29, 0.717) is 6.07 Å². The molecule has 1 N–H and O–H groups in total. The molecular formula is C13H6F6N2. The van der Waals surface area contributed by atoms with Crippen LogP contribution in [0.15, 0.2) is 30.6 Å².